The van der Waals surface area contributed by atoms with Crippen LogP contribution in [0.3, 0.4) is 0 Å². The third-order valence-electron chi connectivity index (χ3n) is 6.05. The molecule has 0 unspecified atom stereocenters. The van der Waals surface area contributed by atoms with Crippen LogP contribution in [0.15, 0.2) is 78.9 Å². The third-order valence-corrected chi connectivity index (χ3v) is 6.05. The summed E-state index contributed by atoms with van der Waals surface area (Å²) in [6, 6.07) is 25.8. The van der Waals surface area contributed by atoms with Crippen molar-refractivity contribution >= 4 is 5.97 Å². The molecule has 33 heavy (non-hydrogen) atoms. The molecule has 3 rings (SSSR count). The molecule has 0 fully saturated rings. The van der Waals surface area contributed by atoms with Gasteiger partial charge in [0.05, 0.1) is 12.2 Å². The Morgan fingerprint density at radius 1 is 0.879 bits per heavy atom. The van der Waals surface area contributed by atoms with E-state index in [0.717, 1.165) is 29.7 Å². The molecule has 4 nitrogen and oxygen atoms in total. The molecule has 0 aliphatic heterocycles. The van der Waals surface area contributed by atoms with E-state index in [-0.39, 0.29) is 18.5 Å². The van der Waals surface area contributed by atoms with Crippen LogP contribution in [0.2, 0.25) is 0 Å². The Labute approximate surface area is 197 Å². The summed E-state index contributed by atoms with van der Waals surface area (Å²) in [4.78, 5) is 15.3. The van der Waals surface area contributed by atoms with Crippen molar-refractivity contribution < 1.29 is 14.6 Å². The van der Waals surface area contributed by atoms with E-state index in [1.165, 1.54) is 0 Å². The number of aliphatic hydroxyl groups is 1. The number of rotatable bonds is 10. The van der Waals surface area contributed by atoms with Crippen LogP contribution in [0.4, 0.5) is 0 Å². The molecular weight excluding hydrogens is 410 g/mol. The Bertz CT molecular complexity index is 1010. The number of carbonyl (C=O) groups excluding carboxylic acids is 1. The van der Waals surface area contributed by atoms with Gasteiger partial charge in [0, 0.05) is 23.6 Å². The average Bonchev–Trinajstić information content (AvgIpc) is 2.83. The first-order chi connectivity index (χ1) is 15.9. The van der Waals surface area contributed by atoms with Gasteiger partial charge in [-0.2, -0.15) is 0 Å². The van der Waals surface area contributed by atoms with Gasteiger partial charge in [0.2, 0.25) is 0 Å². The number of nitrogens with zero attached hydrogens (tertiary/aromatic N) is 1. The normalized spacial score (nSPS) is 12.4. The molecule has 0 amide bonds. The van der Waals surface area contributed by atoms with Crippen molar-refractivity contribution in [2.24, 2.45) is 0 Å². The van der Waals surface area contributed by atoms with Crippen LogP contribution in [0.5, 0.6) is 5.75 Å². The molecule has 0 heterocycles. The summed E-state index contributed by atoms with van der Waals surface area (Å²) >= 11 is 0. The molecule has 1 atom stereocenters. The number of hydrogen-bond acceptors (Lipinski definition) is 4. The van der Waals surface area contributed by atoms with E-state index < -0.39 is 0 Å². The Hall–Kier alpha value is -2.95. The predicted octanol–water partition coefficient (Wildman–Crippen LogP) is 6.04. The number of hydrogen-bond donors (Lipinski definition) is 1. The van der Waals surface area contributed by atoms with Gasteiger partial charge in [-0.15, -0.1) is 0 Å². The van der Waals surface area contributed by atoms with Crippen molar-refractivity contribution in [3.8, 4) is 5.75 Å². The SMILES string of the molecule is CC(C)N(CC[C@H](c1ccccc1)c1cc(CO)ccc1OC(=O)c1ccccc1)C(C)C. The van der Waals surface area contributed by atoms with Gasteiger partial charge in [-0.3, -0.25) is 4.90 Å². The van der Waals surface area contributed by atoms with Gasteiger partial charge in [0.15, 0.2) is 0 Å². The molecule has 0 aliphatic carbocycles. The van der Waals surface area contributed by atoms with E-state index in [0.29, 0.717) is 23.4 Å². The molecule has 0 saturated carbocycles. The van der Waals surface area contributed by atoms with E-state index >= 15 is 0 Å². The maximum atomic E-state index is 12.8. The Kier molecular flexibility index (Phi) is 8.81. The number of ether oxygens (including phenoxy) is 1. The summed E-state index contributed by atoms with van der Waals surface area (Å²) < 4.78 is 5.90. The monoisotopic (exact) mass is 445 g/mol. The average molecular weight is 446 g/mol. The zero-order chi connectivity index (χ0) is 23.8. The Morgan fingerprint density at radius 2 is 1.48 bits per heavy atom. The minimum atomic E-state index is -0.383. The number of benzene rings is 3. The van der Waals surface area contributed by atoms with Crippen LogP contribution < -0.4 is 4.74 Å². The van der Waals surface area contributed by atoms with Crippen molar-refractivity contribution in [1.82, 2.24) is 4.90 Å². The largest absolute Gasteiger partial charge is 0.423 e. The molecule has 4 heteroatoms. The van der Waals surface area contributed by atoms with E-state index in [1.54, 1.807) is 18.2 Å². The highest BCUT2D eigenvalue weighted by molar-refractivity contribution is 5.91. The minimum Gasteiger partial charge on any atom is -0.423 e. The van der Waals surface area contributed by atoms with E-state index in [9.17, 15) is 9.90 Å². The first-order valence-electron chi connectivity index (χ1n) is 11.7. The van der Waals surface area contributed by atoms with Crippen molar-refractivity contribution in [3.05, 3.63) is 101 Å². The molecule has 1 N–H and O–H groups in total. The summed E-state index contributed by atoms with van der Waals surface area (Å²) in [5.41, 5.74) is 3.40. The molecule has 0 spiro atoms. The fourth-order valence-electron chi connectivity index (χ4n) is 4.37. The van der Waals surface area contributed by atoms with Crippen LogP contribution in [-0.4, -0.2) is 34.6 Å². The van der Waals surface area contributed by atoms with Crippen LogP contribution in [0.25, 0.3) is 0 Å². The van der Waals surface area contributed by atoms with Gasteiger partial charge in [0.25, 0.3) is 0 Å². The highest BCUT2D eigenvalue weighted by Gasteiger charge is 2.23. The third kappa shape index (κ3) is 6.53. The van der Waals surface area contributed by atoms with Crippen LogP contribution in [-0.2, 0) is 6.61 Å². The molecule has 0 aromatic heterocycles. The number of esters is 1. The quantitative estimate of drug-likeness (QED) is 0.305. The Balaban J connectivity index is 2.00. The fraction of sp³-hybridized carbons (Fsp3) is 0.345. The second-order valence-corrected chi connectivity index (χ2v) is 8.96. The van der Waals surface area contributed by atoms with Crippen LogP contribution in [0, 0.1) is 0 Å². The standard InChI is InChI=1S/C29H35NO3/c1-21(2)30(22(3)4)18-17-26(24-11-7-5-8-12-24)27-19-23(20-31)15-16-28(27)33-29(32)25-13-9-6-10-14-25/h5-16,19,21-22,26,31H,17-18,20H2,1-4H3/t26-/m1/s1. The summed E-state index contributed by atoms with van der Waals surface area (Å²) in [5, 5.41) is 9.81. The number of aliphatic hydroxyl groups excluding tert-OH is 1. The molecule has 174 valence electrons. The zero-order valence-electron chi connectivity index (χ0n) is 20.1. The van der Waals surface area contributed by atoms with E-state index in [2.05, 4.69) is 44.7 Å². The van der Waals surface area contributed by atoms with Gasteiger partial charge in [-0.1, -0.05) is 54.6 Å². The lowest BCUT2D eigenvalue weighted by atomic mass is 9.86. The van der Waals surface area contributed by atoms with Gasteiger partial charge in [-0.25, -0.2) is 4.79 Å². The second kappa shape index (κ2) is 11.8. The molecule has 3 aromatic rings. The first-order valence-corrected chi connectivity index (χ1v) is 11.7. The molecule has 3 aromatic carbocycles. The minimum absolute atomic E-state index is 0.0243. The second-order valence-electron chi connectivity index (χ2n) is 8.96. The molecule has 0 saturated heterocycles. The highest BCUT2D eigenvalue weighted by atomic mass is 16.5. The first kappa shape index (κ1) is 24.7. The van der Waals surface area contributed by atoms with E-state index in [1.807, 2.05) is 48.5 Å². The fourth-order valence-corrected chi connectivity index (χ4v) is 4.37. The molecule has 0 radical (unpaired) electrons. The van der Waals surface area contributed by atoms with Crippen LogP contribution >= 0.6 is 0 Å². The smallest absolute Gasteiger partial charge is 0.343 e. The van der Waals surface area contributed by atoms with Crippen molar-refractivity contribution in [1.29, 1.82) is 0 Å². The van der Waals surface area contributed by atoms with Gasteiger partial charge in [0.1, 0.15) is 5.75 Å². The highest BCUT2D eigenvalue weighted by Crippen LogP contribution is 2.36. The summed E-state index contributed by atoms with van der Waals surface area (Å²) in [6.45, 7) is 9.72. The zero-order valence-corrected chi connectivity index (χ0v) is 20.1. The maximum absolute atomic E-state index is 12.8. The lowest BCUT2D eigenvalue weighted by Crippen LogP contribution is -2.38. The van der Waals surface area contributed by atoms with E-state index in [4.69, 9.17) is 4.74 Å². The predicted molar refractivity (Wildman–Crippen MR) is 134 cm³/mol. The van der Waals surface area contributed by atoms with Gasteiger partial charge < -0.3 is 9.84 Å². The summed E-state index contributed by atoms with van der Waals surface area (Å²) in [7, 11) is 0. The van der Waals surface area contributed by atoms with Gasteiger partial charge >= 0.3 is 5.97 Å². The van der Waals surface area contributed by atoms with Crippen molar-refractivity contribution in [3.63, 3.8) is 0 Å². The lowest BCUT2D eigenvalue weighted by molar-refractivity contribution is 0.0732. The Morgan fingerprint density at radius 3 is 2.06 bits per heavy atom. The molecule has 0 bridgehead atoms. The van der Waals surface area contributed by atoms with Crippen molar-refractivity contribution in [2.75, 3.05) is 6.54 Å². The molecular formula is C29H35NO3. The summed E-state index contributed by atoms with van der Waals surface area (Å²) in [6.07, 6.45) is 0.866. The van der Waals surface area contributed by atoms with Gasteiger partial charge in [-0.05, 0) is 76.1 Å². The number of carbonyl (C=O) groups is 1. The lowest BCUT2D eigenvalue weighted by Gasteiger charge is -2.32. The maximum Gasteiger partial charge on any atom is 0.343 e. The van der Waals surface area contributed by atoms with Crippen molar-refractivity contribution in [2.45, 2.75) is 58.7 Å². The molecule has 0 aliphatic rings. The van der Waals surface area contributed by atoms with Crippen LogP contribution in [0.1, 0.15) is 67.1 Å². The summed E-state index contributed by atoms with van der Waals surface area (Å²) in [5.74, 6) is 0.179. The topological polar surface area (TPSA) is 49.8 Å².